The molecule has 1 aromatic heterocycles. The number of ketones is 1. The van der Waals surface area contributed by atoms with Crippen LogP contribution in [-0.4, -0.2) is 15.6 Å². The zero-order valence-corrected chi connectivity index (χ0v) is 13.4. The highest BCUT2D eigenvalue weighted by atomic mass is 79.9. The largest absolute Gasteiger partial charge is 0.292 e. The van der Waals surface area contributed by atoms with Gasteiger partial charge in [-0.1, -0.05) is 38.5 Å². The minimum absolute atomic E-state index is 0.222. The Morgan fingerprint density at radius 2 is 2.00 bits per heavy atom. The lowest BCUT2D eigenvalue weighted by atomic mass is 9.93. The Hall–Kier alpha value is -0.640. The van der Waals surface area contributed by atoms with Gasteiger partial charge in [-0.25, -0.2) is 0 Å². The number of nitrogens with zero attached hydrogens (tertiary/aromatic N) is 2. The SMILES string of the molecule is CC(C)n1ncc(Br)c1C(=O)CC1CCCCCC1. The van der Waals surface area contributed by atoms with Crippen LogP contribution >= 0.6 is 15.9 Å². The maximum absolute atomic E-state index is 12.5. The molecule has 2 rings (SSSR count). The highest BCUT2D eigenvalue weighted by Gasteiger charge is 2.22. The van der Waals surface area contributed by atoms with Crippen molar-refractivity contribution in [2.45, 2.75) is 64.8 Å². The zero-order chi connectivity index (χ0) is 13.8. The summed E-state index contributed by atoms with van der Waals surface area (Å²) in [5, 5.41) is 4.30. The Morgan fingerprint density at radius 3 is 2.58 bits per heavy atom. The van der Waals surface area contributed by atoms with Gasteiger partial charge in [0.05, 0.1) is 10.7 Å². The van der Waals surface area contributed by atoms with Crippen LogP contribution in [0.25, 0.3) is 0 Å². The molecule has 19 heavy (non-hydrogen) atoms. The molecule has 1 aliphatic carbocycles. The maximum atomic E-state index is 12.5. The summed E-state index contributed by atoms with van der Waals surface area (Å²) in [7, 11) is 0. The van der Waals surface area contributed by atoms with E-state index in [4.69, 9.17) is 0 Å². The average molecular weight is 327 g/mol. The summed E-state index contributed by atoms with van der Waals surface area (Å²) in [6.07, 6.45) is 10.1. The first-order valence-corrected chi connectivity index (χ1v) is 8.15. The Bertz CT molecular complexity index is 431. The van der Waals surface area contributed by atoms with E-state index in [1.54, 1.807) is 6.20 Å². The first kappa shape index (κ1) is 14.8. The molecule has 3 nitrogen and oxygen atoms in total. The molecule has 0 aliphatic heterocycles. The molecule has 0 spiro atoms. The average Bonchev–Trinajstić information content (AvgIpc) is 2.58. The van der Waals surface area contributed by atoms with Gasteiger partial charge < -0.3 is 0 Å². The van der Waals surface area contributed by atoms with Crippen LogP contribution in [-0.2, 0) is 0 Å². The van der Waals surface area contributed by atoms with Crippen LogP contribution in [0.1, 0.15) is 75.3 Å². The summed E-state index contributed by atoms with van der Waals surface area (Å²) in [6, 6.07) is 0.222. The van der Waals surface area contributed by atoms with Crippen molar-refractivity contribution in [1.29, 1.82) is 0 Å². The lowest BCUT2D eigenvalue weighted by Gasteiger charge is -2.15. The van der Waals surface area contributed by atoms with Crippen molar-refractivity contribution < 1.29 is 4.79 Å². The monoisotopic (exact) mass is 326 g/mol. The quantitative estimate of drug-likeness (QED) is 0.590. The van der Waals surface area contributed by atoms with Crippen molar-refractivity contribution in [3.05, 3.63) is 16.4 Å². The minimum atomic E-state index is 0.222. The smallest absolute Gasteiger partial charge is 0.182 e. The fraction of sp³-hybridized carbons (Fsp3) is 0.733. The molecule has 0 unspecified atom stereocenters. The number of rotatable bonds is 4. The van der Waals surface area contributed by atoms with E-state index in [2.05, 4.69) is 34.9 Å². The molecule has 0 atom stereocenters. The maximum Gasteiger partial charge on any atom is 0.182 e. The van der Waals surface area contributed by atoms with Crippen LogP contribution < -0.4 is 0 Å². The summed E-state index contributed by atoms with van der Waals surface area (Å²) >= 11 is 3.46. The number of carbonyl (C=O) groups excluding carboxylic acids is 1. The number of halogens is 1. The summed E-state index contributed by atoms with van der Waals surface area (Å²) < 4.78 is 2.67. The van der Waals surface area contributed by atoms with Gasteiger partial charge in [0.25, 0.3) is 0 Å². The van der Waals surface area contributed by atoms with Gasteiger partial charge in [-0.3, -0.25) is 9.48 Å². The van der Waals surface area contributed by atoms with Gasteiger partial charge >= 0.3 is 0 Å². The van der Waals surface area contributed by atoms with E-state index >= 15 is 0 Å². The fourth-order valence-electron chi connectivity index (χ4n) is 2.92. The molecule has 1 fully saturated rings. The van der Waals surface area contributed by atoms with E-state index in [9.17, 15) is 4.79 Å². The second-order valence-corrected chi connectivity index (χ2v) is 6.72. The third-order valence-electron chi connectivity index (χ3n) is 3.95. The van der Waals surface area contributed by atoms with Gasteiger partial charge in [-0.2, -0.15) is 5.10 Å². The van der Waals surface area contributed by atoms with Crippen molar-refractivity contribution >= 4 is 21.7 Å². The summed E-state index contributed by atoms with van der Waals surface area (Å²) in [4.78, 5) is 12.5. The highest BCUT2D eigenvalue weighted by molar-refractivity contribution is 9.10. The summed E-state index contributed by atoms with van der Waals surface area (Å²) in [5.41, 5.74) is 0.749. The number of aromatic nitrogens is 2. The van der Waals surface area contributed by atoms with Gasteiger partial charge in [-0.15, -0.1) is 0 Å². The van der Waals surface area contributed by atoms with E-state index in [0.717, 1.165) is 10.2 Å². The molecule has 4 heteroatoms. The number of hydrogen-bond donors (Lipinski definition) is 0. The van der Waals surface area contributed by atoms with Crippen LogP contribution in [0.3, 0.4) is 0 Å². The Morgan fingerprint density at radius 1 is 1.37 bits per heavy atom. The van der Waals surface area contributed by atoms with E-state index in [1.165, 1.54) is 38.5 Å². The van der Waals surface area contributed by atoms with Gasteiger partial charge in [0, 0.05) is 12.5 Å². The van der Waals surface area contributed by atoms with Crippen LogP contribution in [0.4, 0.5) is 0 Å². The Kier molecular flexibility index (Phi) is 5.20. The third kappa shape index (κ3) is 3.68. The lowest BCUT2D eigenvalue weighted by Crippen LogP contribution is -2.16. The topological polar surface area (TPSA) is 34.9 Å². The normalized spacial score (nSPS) is 17.7. The highest BCUT2D eigenvalue weighted by Crippen LogP contribution is 2.29. The number of Topliss-reactive ketones (excluding diaryl/α,β-unsaturated/α-hetero) is 1. The molecule has 1 heterocycles. The van der Waals surface area contributed by atoms with E-state index in [0.29, 0.717) is 12.3 Å². The predicted molar refractivity (Wildman–Crippen MR) is 80.5 cm³/mol. The lowest BCUT2D eigenvalue weighted by molar-refractivity contribution is 0.0943. The summed E-state index contributed by atoms with van der Waals surface area (Å²) in [6.45, 7) is 4.11. The van der Waals surface area contributed by atoms with E-state index < -0.39 is 0 Å². The summed E-state index contributed by atoms with van der Waals surface area (Å²) in [5.74, 6) is 0.808. The standard InChI is InChI=1S/C15H23BrN2O/c1-11(2)18-15(13(16)10-17-18)14(19)9-12-7-5-3-4-6-8-12/h10-12H,3-9H2,1-2H3. The number of carbonyl (C=O) groups is 1. The zero-order valence-electron chi connectivity index (χ0n) is 11.9. The molecule has 0 saturated heterocycles. The molecular weight excluding hydrogens is 304 g/mol. The van der Waals surface area contributed by atoms with Crippen molar-refractivity contribution in [2.24, 2.45) is 5.92 Å². The molecule has 1 aliphatic rings. The second kappa shape index (κ2) is 6.69. The Labute approximate surface area is 123 Å². The van der Waals surface area contributed by atoms with Crippen LogP contribution in [0.5, 0.6) is 0 Å². The van der Waals surface area contributed by atoms with E-state index in [-0.39, 0.29) is 11.8 Å². The van der Waals surface area contributed by atoms with Gasteiger partial charge in [-0.05, 0) is 35.7 Å². The molecule has 1 aromatic rings. The van der Waals surface area contributed by atoms with Crippen molar-refractivity contribution in [3.8, 4) is 0 Å². The van der Waals surface area contributed by atoms with Gasteiger partial charge in [0.2, 0.25) is 0 Å². The molecule has 0 amide bonds. The molecule has 0 bridgehead atoms. The Balaban J connectivity index is 2.08. The third-order valence-corrected chi connectivity index (χ3v) is 4.53. The van der Waals surface area contributed by atoms with Gasteiger partial charge in [0.15, 0.2) is 5.78 Å². The molecule has 0 N–H and O–H groups in total. The first-order valence-electron chi connectivity index (χ1n) is 7.35. The molecule has 1 saturated carbocycles. The molecule has 0 radical (unpaired) electrons. The van der Waals surface area contributed by atoms with Crippen molar-refractivity contribution in [2.75, 3.05) is 0 Å². The molecular formula is C15H23BrN2O. The minimum Gasteiger partial charge on any atom is -0.292 e. The number of hydrogen-bond acceptors (Lipinski definition) is 2. The van der Waals surface area contributed by atoms with Crippen LogP contribution in [0, 0.1) is 5.92 Å². The van der Waals surface area contributed by atoms with Crippen molar-refractivity contribution in [1.82, 2.24) is 9.78 Å². The second-order valence-electron chi connectivity index (χ2n) is 5.86. The first-order chi connectivity index (χ1) is 9.09. The molecule has 106 valence electrons. The van der Waals surface area contributed by atoms with Crippen LogP contribution in [0.15, 0.2) is 10.7 Å². The predicted octanol–water partition coefficient (Wildman–Crippen LogP) is 4.77. The van der Waals surface area contributed by atoms with Crippen molar-refractivity contribution in [3.63, 3.8) is 0 Å². The van der Waals surface area contributed by atoms with Crippen LogP contribution in [0.2, 0.25) is 0 Å². The van der Waals surface area contributed by atoms with E-state index in [1.807, 2.05) is 4.68 Å². The molecule has 0 aromatic carbocycles. The fourth-order valence-corrected chi connectivity index (χ4v) is 3.41. The van der Waals surface area contributed by atoms with Gasteiger partial charge in [0.1, 0.15) is 5.69 Å².